The molecule has 0 saturated carbocycles. The standard InChI is InChI=1S/C20H30FN3O/c1-22-12-14-23(15-13-22)18-7-4-5-11-24(16-18)20(25)10-9-17-6-2-3-8-19(17)21/h2-3,6,8,18H,4-5,7,9-16H2,1H3/t18-/m1/s1. The molecule has 0 bridgehead atoms. The molecule has 2 fully saturated rings. The van der Waals surface area contributed by atoms with E-state index >= 15 is 0 Å². The second-order valence-corrected chi connectivity index (χ2v) is 7.42. The third-order valence-electron chi connectivity index (χ3n) is 5.62. The summed E-state index contributed by atoms with van der Waals surface area (Å²) >= 11 is 0. The van der Waals surface area contributed by atoms with Crippen LogP contribution in [-0.2, 0) is 11.2 Å². The molecule has 2 heterocycles. The highest BCUT2D eigenvalue weighted by molar-refractivity contribution is 5.76. The van der Waals surface area contributed by atoms with Crippen molar-refractivity contribution in [1.82, 2.24) is 14.7 Å². The van der Waals surface area contributed by atoms with Gasteiger partial charge in [0.1, 0.15) is 5.82 Å². The largest absolute Gasteiger partial charge is 0.341 e. The van der Waals surface area contributed by atoms with Gasteiger partial charge in [-0.2, -0.15) is 0 Å². The number of halogens is 1. The lowest BCUT2D eigenvalue weighted by Gasteiger charge is -2.39. The zero-order chi connectivity index (χ0) is 17.6. The van der Waals surface area contributed by atoms with Crippen molar-refractivity contribution < 1.29 is 9.18 Å². The molecule has 2 aliphatic heterocycles. The number of amides is 1. The molecular formula is C20H30FN3O. The van der Waals surface area contributed by atoms with Crippen LogP contribution in [-0.4, -0.2) is 73.0 Å². The number of carbonyl (C=O) groups excluding carboxylic acids is 1. The van der Waals surface area contributed by atoms with E-state index in [0.717, 1.165) is 45.7 Å². The molecular weight excluding hydrogens is 317 g/mol. The highest BCUT2D eigenvalue weighted by atomic mass is 19.1. The molecule has 0 N–H and O–H groups in total. The maximum absolute atomic E-state index is 13.7. The van der Waals surface area contributed by atoms with Crippen LogP contribution in [0.3, 0.4) is 0 Å². The van der Waals surface area contributed by atoms with Crippen molar-refractivity contribution in [1.29, 1.82) is 0 Å². The fraction of sp³-hybridized carbons (Fsp3) is 0.650. The number of hydrogen-bond donors (Lipinski definition) is 0. The number of piperazine rings is 1. The van der Waals surface area contributed by atoms with Gasteiger partial charge in [-0.05, 0) is 37.9 Å². The van der Waals surface area contributed by atoms with Crippen LogP contribution in [0.15, 0.2) is 24.3 Å². The number of nitrogens with zero attached hydrogens (tertiary/aromatic N) is 3. The highest BCUT2D eigenvalue weighted by Crippen LogP contribution is 2.19. The Bertz CT molecular complexity index is 572. The molecule has 0 aliphatic carbocycles. The summed E-state index contributed by atoms with van der Waals surface area (Å²) in [6.07, 6.45) is 4.34. The van der Waals surface area contributed by atoms with Gasteiger partial charge in [0.2, 0.25) is 5.91 Å². The number of likely N-dealkylation sites (N-methyl/N-ethyl adjacent to an activating group) is 1. The Balaban J connectivity index is 1.55. The van der Waals surface area contributed by atoms with Gasteiger partial charge in [-0.25, -0.2) is 4.39 Å². The van der Waals surface area contributed by atoms with E-state index in [1.165, 1.54) is 18.9 Å². The van der Waals surface area contributed by atoms with Crippen molar-refractivity contribution in [3.63, 3.8) is 0 Å². The Morgan fingerprint density at radius 3 is 2.64 bits per heavy atom. The van der Waals surface area contributed by atoms with Crippen molar-refractivity contribution in [3.05, 3.63) is 35.6 Å². The first-order valence-electron chi connectivity index (χ1n) is 9.57. The first-order valence-corrected chi connectivity index (χ1v) is 9.57. The molecule has 0 spiro atoms. The molecule has 4 nitrogen and oxygen atoms in total. The Labute approximate surface area is 150 Å². The predicted octanol–water partition coefficient (Wildman–Crippen LogP) is 2.39. The first kappa shape index (κ1) is 18.3. The smallest absolute Gasteiger partial charge is 0.222 e. The molecule has 1 amide bonds. The van der Waals surface area contributed by atoms with E-state index in [1.807, 2.05) is 11.0 Å². The van der Waals surface area contributed by atoms with Gasteiger partial charge in [-0.15, -0.1) is 0 Å². The second-order valence-electron chi connectivity index (χ2n) is 7.42. The molecule has 1 atom stereocenters. The summed E-state index contributed by atoms with van der Waals surface area (Å²) in [5, 5.41) is 0. The summed E-state index contributed by atoms with van der Waals surface area (Å²) in [6, 6.07) is 7.25. The summed E-state index contributed by atoms with van der Waals surface area (Å²) in [6.45, 7) is 6.09. The van der Waals surface area contributed by atoms with Gasteiger partial charge in [-0.1, -0.05) is 24.6 Å². The Hall–Kier alpha value is -1.46. The molecule has 0 unspecified atom stereocenters. The minimum atomic E-state index is -0.207. The number of benzene rings is 1. The quantitative estimate of drug-likeness (QED) is 0.837. The topological polar surface area (TPSA) is 26.8 Å². The average Bonchev–Trinajstić information content (AvgIpc) is 2.88. The van der Waals surface area contributed by atoms with Crippen LogP contribution < -0.4 is 0 Å². The van der Waals surface area contributed by atoms with Crippen molar-refractivity contribution in [3.8, 4) is 0 Å². The van der Waals surface area contributed by atoms with Gasteiger partial charge >= 0.3 is 0 Å². The third-order valence-corrected chi connectivity index (χ3v) is 5.62. The average molecular weight is 347 g/mol. The van der Waals surface area contributed by atoms with Gasteiger partial charge in [-0.3, -0.25) is 9.69 Å². The third kappa shape index (κ3) is 5.02. The van der Waals surface area contributed by atoms with E-state index in [0.29, 0.717) is 24.4 Å². The van der Waals surface area contributed by atoms with Crippen molar-refractivity contribution >= 4 is 5.91 Å². The molecule has 1 aromatic carbocycles. The van der Waals surface area contributed by atoms with E-state index in [4.69, 9.17) is 0 Å². The van der Waals surface area contributed by atoms with E-state index in [-0.39, 0.29) is 11.7 Å². The monoisotopic (exact) mass is 347 g/mol. The van der Waals surface area contributed by atoms with Crippen molar-refractivity contribution in [2.24, 2.45) is 0 Å². The molecule has 5 heteroatoms. The normalized spacial score (nSPS) is 23.4. The SMILES string of the molecule is CN1CCN([C@@H]2CCCCN(C(=O)CCc3ccccc3F)C2)CC1. The summed E-state index contributed by atoms with van der Waals surface area (Å²) in [5.41, 5.74) is 0.640. The van der Waals surface area contributed by atoms with E-state index in [1.54, 1.807) is 12.1 Å². The molecule has 0 aromatic heterocycles. The lowest BCUT2D eigenvalue weighted by Crippen LogP contribution is -2.52. The van der Waals surface area contributed by atoms with E-state index in [2.05, 4.69) is 16.8 Å². The van der Waals surface area contributed by atoms with Gasteiger partial charge in [0.05, 0.1) is 0 Å². The number of carbonyl (C=O) groups is 1. The molecule has 25 heavy (non-hydrogen) atoms. The molecule has 2 saturated heterocycles. The van der Waals surface area contributed by atoms with Crippen LogP contribution in [0.4, 0.5) is 4.39 Å². The van der Waals surface area contributed by atoms with Crippen LogP contribution >= 0.6 is 0 Å². The lowest BCUT2D eigenvalue weighted by molar-refractivity contribution is -0.131. The maximum Gasteiger partial charge on any atom is 0.222 e. The Morgan fingerprint density at radius 1 is 1.12 bits per heavy atom. The van der Waals surface area contributed by atoms with Gasteiger partial charge in [0, 0.05) is 51.7 Å². The van der Waals surface area contributed by atoms with E-state index in [9.17, 15) is 9.18 Å². The van der Waals surface area contributed by atoms with Crippen molar-refractivity contribution in [2.45, 2.75) is 38.1 Å². The minimum Gasteiger partial charge on any atom is -0.341 e. The van der Waals surface area contributed by atoms with Crippen molar-refractivity contribution in [2.75, 3.05) is 46.3 Å². The number of likely N-dealkylation sites (tertiary alicyclic amines) is 1. The van der Waals surface area contributed by atoms with Gasteiger partial charge in [0.15, 0.2) is 0 Å². The maximum atomic E-state index is 13.7. The predicted molar refractivity (Wildman–Crippen MR) is 98.0 cm³/mol. The second kappa shape index (κ2) is 8.77. The minimum absolute atomic E-state index is 0.171. The van der Waals surface area contributed by atoms with Gasteiger partial charge in [0.25, 0.3) is 0 Å². The summed E-state index contributed by atoms with van der Waals surface area (Å²) < 4.78 is 13.7. The summed E-state index contributed by atoms with van der Waals surface area (Å²) in [4.78, 5) is 19.6. The highest BCUT2D eigenvalue weighted by Gasteiger charge is 2.27. The summed E-state index contributed by atoms with van der Waals surface area (Å²) in [7, 11) is 2.17. The lowest BCUT2D eigenvalue weighted by atomic mass is 10.1. The van der Waals surface area contributed by atoms with Crippen LogP contribution in [0.1, 0.15) is 31.2 Å². The number of aryl methyl sites for hydroxylation is 1. The molecule has 3 rings (SSSR count). The molecule has 0 radical (unpaired) electrons. The first-order chi connectivity index (χ1) is 12.1. The Morgan fingerprint density at radius 2 is 1.88 bits per heavy atom. The zero-order valence-corrected chi connectivity index (χ0v) is 15.3. The Kier molecular flexibility index (Phi) is 6.43. The number of rotatable bonds is 4. The molecule has 138 valence electrons. The van der Waals surface area contributed by atoms with Crippen LogP contribution in [0, 0.1) is 5.82 Å². The van der Waals surface area contributed by atoms with Gasteiger partial charge < -0.3 is 9.80 Å². The number of hydrogen-bond acceptors (Lipinski definition) is 3. The fourth-order valence-electron chi connectivity index (χ4n) is 3.93. The molecule has 2 aliphatic rings. The van der Waals surface area contributed by atoms with Crippen LogP contribution in [0.25, 0.3) is 0 Å². The van der Waals surface area contributed by atoms with Crippen LogP contribution in [0.2, 0.25) is 0 Å². The van der Waals surface area contributed by atoms with Crippen LogP contribution in [0.5, 0.6) is 0 Å². The summed E-state index contributed by atoms with van der Waals surface area (Å²) in [5.74, 6) is -0.0363. The van der Waals surface area contributed by atoms with E-state index < -0.39 is 0 Å². The fourth-order valence-corrected chi connectivity index (χ4v) is 3.93. The zero-order valence-electron chi connectivity index (χ0n) is 15.3. The molecule has 1 aromatic rings.